The third kappa shape index (κ3) is 5.03. The minimum atomic E-state index is -4.80. The number of hydrogen-bond donors (Lipinski definition) is 2. The van der Waals surface area contributed by atoms with Gasteiger partial charge in [0.15, 0.2) is 11.6 Å². The molecule has 1 aliphatic rings. The molecule has 1 unspecified atom stereocenters. The number of amides is 1. The number of fused-ring (bicyclic) bond motifs is 1. The molecule has 1 aromatic heterocycles. The van der Waals surface area contributed by atoms with Crippen LogP contribution in [0.3, 0.4) is 0 Å². The molecular weight excluding hydrogens is 441 g/mol. The van der Waals surface area contributed by atoms with Gasteiger partial charge in [0.25, 0.3) is 5.91 Å². The molecule has 29 heavy (non-hydrogen) atoms. The summed E-state index contributed by atoms with van der Waals surface area (Å²) >= 11 is 7.17. The fourth-order valence-corrected chi connectivity index (χ4v) is 4.23. The first-order valence-corrected chi connectivity index (χ1v) is 9.60. The monoisotopic (exact) mass is 455 g/mol. The van der Waals surface area contributed by atoms with Crippen LogP contribution in [-0.4, -0.2) is 23.1 Å². The Bertz CT molecular complexity index is 935. The predicted octanol–water partition coefficient (Wildman–Crippen LogP) is 5.10. The van der Waals surface area contributed by atoms with E-state index < -0.39 is 30.1 Å². The van der Waals surface area contributed by atoms with Crippen molar-refractivity contribution in [3.63, 3.8) is 0 Å². The maximum Gasteiger partial charge on any atom is 0.524 e. The molecule has 0 spiro atoms. The van der Waals surface area contributed by atoms with E-state index in [0.29, 0.717) is 23.6 Å². The van der Waals surface area contributed by atoms with Crippen LogP contribution in [0.2, 0.25) is 5.02 Å². The molecule has 0 bridgehead atoms. The van der Waals surface area contributed by atoms with Crippen LogP contribution in [0, 0.1) is 11.6 Å². The maximum absolute atomic E-state index is 13.4. The summed E-state index contributed by atoms with van der Waals surface area (Å²) in [5.74, 6) is -2.81. The van der Waals surface area contributed by atoms with Crippen molar-refractivity contribution in [1.29, 1.82) is 0 Å². The molecule has 0 saturated heterocycles. The highest BCUT2D eigenvalue weighted by Gasteiger charge is 2.33. The van der Waals surface area contributed by atoms with E-state index in [2.05, 4.69) is 14.8 Å². The van der Waals surface area contributed by atoms with E-state index in [1.165, 1.54) is 13.0 Å². The Labute approximate surface area is 171 Å². The van der Waals surface area contributed by atoms with Crippen molar-refractivity contribution in [2.45, 2.75) is 43.8 Å². The number of hydrogen-bond acceptors (Lipinski definition) is 4. The van der Waals surface area contributed by atoms with E-state index in [4.69, 9.17) is 11.6 Å². The van der Waals surface area contributed by atoms with Gasteiger partial charge in [0, 0.05) is 24.0 Å². The fraction of sp³-hybridized carbons (Fsp3) is 0.353. The second-order valence-electron chi connectivity index (χ2n) is 6.20. The van der Waals surface area contributed by atoms with Gasteiger partial charge in [0.1, 0.15) is 11.9 Å². The summed E-state index contributed by atoms with van der Waals surface area (Å²) < 4.78 is 71.3. The Balaban J connectivity index is 1.80. The molecule has 1 aliphatic heterocycles. The number of halogens is 6. The second kappa shape index (κ2) is 8.50. The zero-order valence-corrected chi connectivity index (χ0v) is 16.4. The lowest BCUT2D eigenvalue weighted by atomic mass is 10.2. The maximum atomic E-state index is 13.4. The molecular formula is C17H15ClF5N3O2S. The van der Waals surface area contributed by atoms with Crippen molar-refractivity contribution in [3.05, 3.63) is 46.2 Å². The van der Waals surface area contributed by atoms with Crippen LogP contribution in [-0.2, 0) is 17.7 Å². The number of benzene rings is 1. The van der Waals surface area contributed by atoms with Gasteiger partial charge < -0.3 is 9.88 Å². The lowest BCUT2D eigenvalue weighted by Gasteiger charge is -2.16. The molecule has 158 valence electrons. The van der Waals surface area contributed by atoms with E-state index in [9.17, 15) is 26.7 Å². The van der Waals surface area contributed by atoms with Gasteiger partial charge in [-0.2, -0.15) is 0 Å². The summed E-state index contributed by atoms with van der Waals surface area (Å²) in [5.41, 5.74) is 0.831. The number of nitrogens with one attached hydrogen (secondary N) is 2. The Morgan fingerprint density at radius 3 is 2.69 bits per heavy atom. The van der Waals surface area contributed by atoms with Gasteiger partial charge in [-0.25, -0.2) is 13.5 Å². The minimum absolute atomic E-state index is 0.0399. The van der Waals surface area contributed by atoms with Crippen molar-refractivity contribution < 1.29 is 31.5 Å². The summed E-state index contributed by atoms with van der Waals surface area (Å²) in [6.07, 6.45) is -4.85. The number of aromatic nitrogens is 1. The normalized spacial score (nSPS) is 14.7. The largest absolute Gasteiger partial charge is 0.524 e. The van der Waals surface area contributed by atoms with Crippen LogP contribution in [0.15, 0.2) is 23.1 Å². The smallest absolute Gasteiger partial charge is 0.338 e. The number of carbonyl (C=O) groups is 1. The summed E-state index contributed by atoms with van der Waals surface area (Å²) in [4.78, 5) is 13.1. The van der Waals surface area contributed by atoms with Gasteiger partial charge >= 0.3 is 6.36 Å². The van der Waals surface area contributed by atoms with Crippen molar-refractivity contribution >= 4 is 35.1 Å². The minimum Gasteiger partial charge on any atom is -0.338 e. The lowest BCUT2D eigenvalue weighted by Crippen LogP contribution is -2.30. The topological polar surface area (TPSA) is 55.3 Å². The first kappa shape index (κ1) is 21.9. The molecule has 12 heteroatoms. The van der Waals surface area contributed by atoms with E-state index in [-0.39, 0.29) is 16.4 Å². The van der Waals surface area contributed by atoms with Crippen molar-refractivity contribution in [2.24, 2.45) is 0 Å². The average molecular weight is 456 g/mol. The Kier molecular flexibility index (Phi) is 6.42. The number of carbonyl (C=O) groups excluding carboxylic acids is 1. The summed E-state index contributed by atoms with van der Waals surface area (Å²) in [6, 6.07) is 2.91. The number of ether oxygens (including phenoxy) is 1. The van der Waals surface area contributed by atoms with Gasteiger partial charge in [-0.3, -0.25) is 9.53 Å². The van der Waals surface area contributed by atoms with Crippen LogP contribution in [0.1, 0.15) is 29.5 Å². The highest BCUT2D eigenvalue weighted by molar-refractivity contribution is 7.97. The zero-order chi connectivity index (χ0) is 21.3. The van der Waals surface area contributed by atoms with Gasteiger partial charge in [-0.05, 0) is 43.8 Å². The third-order valence-corrected chi connectivity index (χ3v) is 5.66. The number of rotatable bonds is 6. The molecule has 1 amide bonds. The Hall–Kier alpha value is -1.82. The van der Waals surface area contributed by atoms with Crippen LogP contribution >= 0.6 is 23.5 Å². The lowest BCUT2D eigenvalue weighted by molar-refractivity contribution is -0.341. The van der Waals surface area contributed by atoms with E-state index in [0.717, 1.165) is 30.5 Å². The Morgan fingerprint density at radius 1 is 1.31 bits per heavy atom. The molecule has 5 nitrogen and oxygen atoms in total. The third-order valence-electron chi connectivity index (χ3n) is 4.09. The van der Waals surface area contributed by atoms with Crippen molar-refractivity contribution in [1.82, 2.24) is 9.29 Å². The number of alkyl halides is 3. The first-order chi connectivity index (χ1) is 13.6. The standard InChI is InChI=1S/C17H15ClF5N3O2S/c1-8(28-17(21,22)23)25-29-15-12-3-2-6-26(12)14(13(15)18)16(27)24-9-4-5-10(19)11(20)7-9/h4-5,7-8,25H,2-3,6H2,1H3,(H,24,27). The SMILES string of the molecule is CC(NSc1c(Cl)c(C(=O)Nc2ccc(F)c(F)c2)n2c1CCC2)OC(F)(F)F. The molecule has 3 rings (SSSR count). The zero-order valence-electron chi connectivity index (χ0n) is 14.9. The molecule has 1 atom stereocenters. The highest BCUT2D eigenvalue weighted by Crippen LogP contribution is 2.39. The van der Waals surface area contributed by atoms with E-state index >= 15 is 0 Å². The molecule has 2 aromatic rings. The van der Waals surface area contributed by atoms with Gasteiger partial charge in [0.2, 0.25) is 0 Å². The van der Waals surface area contributed by atoms with E-state index in [1.807, 2.05) is 0 Å². The summed E-state index contributed by atoms with van der Waals surface area (Å²) in [7, 11) is 0. The van der Waals surface area contributed by atoms with Gasteiger partial charge in [-0.15, -0.1) is 13.2 Å². The molecule has 0 saturated carbocycles. The van der Waals surface area contributed by atoms with Crippen LogP contribution in [0.4, 0.5) is 27.6 Å². The van der Waals surface area contributed by atoms with Crippen molar-refractivity contribution in [3.8, 4) is 0 Å². The van der Waals surface area contributed by atoms with Gasteiger partial charge in [-0.1, -0.05) is 11.6 Å². The summed E-state index contributed by atoms with van der Waals surface area (Å²) in [5, 5.41) is 2.50. The molecule has 0 radical (unpaired) electrons. The first-order valence-electron chi connectivity index (χ1n) is 8.41. The van der Waals surface area contributed by atoms with Gasteiger partial charge in [0.05, 0.1) is 9.92 Å². The molecule has 0 fully saturated rings. The number of nitrogens with zero attached hydrogens (tertiary/aromatic N) is 1. The summed E-state index contributed by atoms with van der Waals surface area (Å²) in [6.45, 7) is 1.67. The molecule has 1 aromatic carbocycles. The second-order valence-corrected chi connectivity index (χ2v) is 7.43. The van der Waals surface area contributed by atoms with Crippen LogP contribution < -0.4 is 10.0 Å². The van der Waals surface area contributed by atoms with Crippen LogP contribution in [0.5, 0.6) is 0 Å². The fourth-order valence-electron chi connectivity index (χ4n) is 2.97. The van der Waals surface area contributed by atoms with Crippen molar-refractivity contribution in [2.75, 3.05) is 5.32 Å². The van der Waals surface area contributed by atoms with Crippen LogP contribution in [0.25, 0.3) is 0 Å². The molecule has 2 N–H and O–H groups in total. The predicted molar refractivity (Wildman–Crippen MR) is 97.7 cm³/mol. The number of anilines is 1. The Morgan fingerprint density at radius 2 is 2.03 bits per heavy atom. The molecule has 2 heterocycles. The van der Waals surface area contributed by atoms with E-state index in [1.54, 1.807) is 4.57 Å². The highest BCUT2D eigenvalue weighted by atomic mass is 35.5. The molecule has 0 aliphatic carbocycles. The average Bonchev–Trinajstić information content (AvgIpc) is 3.15. The quantitative estimate of drug-likeness (QED) is 0.361.